The molecule has 2 bridgehead atoms. The minimum absolute atomic E-state index is 0.341. The van der Waals surface area contributed by atoms with Crippen LogP contribution in [-0.2, 0) is 11.8 Å². The summed E-state index contributed by atoms with van der Waals surface area (Å²) in [4.78, 5) is 2.59. The molecule has 2 fully saturated rings. The molecule has 1 saturated heterocycles. The molecular formula is C19H25NO. The van der Waals surface area contributed by atoms with Crippen molar-refractivity contribution < 1.29 is 5.11 Å². The summed E-state index contributed by atoms with van der Waals surface area (Å²) in [6.07, 6.45) is 12.3. The molecule has 2 unspecified atom stereocenters. The summed E-state index contributed by atoms with van der Waals surface area (Å²) < 4.78 is 0. The van der Waals surface area contributed by atoms with E-state index in [1.165, 1.54) is 49.8 Å². The van der Waals surface area contributed by atoms with Crippen LogP contribution in [-0.4, -0.2) is 22.6 Å². The lowest BCUT2D eigenvalue weighted by molar-refractivity contribution is 0.0137. The molecule has 4 rings (SSSR count). The van der Waals surface area contributed by atoms with Gasteiger partial charge in [-0.1, -0.05) is 25.0 Å². The Hall–Kier alpha value is -1.44. The Morgan fingerprint density at radius 2 is 2.19 bits per heavy atom. The molecule has 2 heteroatoms. The lowest BCUT2D eigenvalue weighted by atomic mass is 9.52. The fourth-order valence-corrected chi connectivity index (χ4v) is 5.40. The van der Waals surface area contributed by atoms with E-state index in [-0.39, 0.29) is 0 Å². The van der Waals surface area contributed by atoms with E-state index in [1.54, 1.807) is 0 Å². The lowest BCUT2D eigenvalue weighted by Gasteiger charge is -2.59. The standard InChI is InChI=1S/C19H25NO/c1-2-10-20-11-9-19-8-4-3-5-16(19)18(20)12-14-6-7-15(21)13-17(14)19/h2,6-7,10,13,16,18,21H,3-5,8-9,11-12H2,1H3/t16?,18?,19-/m1/s1. The summed E-state index contributed by atoms with van der Waals surface area (Å²) in [6, 6.07) is 6.78. The number of benzene rings is 1. The fourth-order valence-electron chi connectivity index (χ4n) is 5.40. The minimum Gasteiger partial charge on any atom is -0.508 e. The lowest BCUT2D eigenvalue weighted by Crippen LogP contribution is -2.59. The van der Waals surface area contributed by atoms with Crippen molar-refractivity contribution in [2.24, 2.45) is 5.92 Å². The van der Waals surface area contributed by atoms with Gasteiger partial charge in [0.1, 0.15) is 5.75 Å². The Kier molecular flexibility index (Phi) is 3.02. The van der Waals surface area contributed by atoms with Crippen molar-refractivity contribution in [1.82, 2.24) is 4.90 Å². The molecule has 112 valence electrons. The first-order valence-electron chi connectivity index (χ1n) is 8.45. The SMILES string of the molecule is CC=CN1CC[C@]23CCCCC2C1Cc1ccc(O)cc13. The van der Waals surface area contributed by atoms with Crippen molar-refractivity contribution >= 4 is 0 Å². The number of fused-ring (bicyclic) bond motifs is 1. The van der Waals surface area contributed by atoms with E-state index in [0.717, 1.165) is 12.3 Å². The third kappa shape index (κ3) is 1.84. The van der Waals surface area contributed by atoms with Crippen LogP contribution < -0.4 is 0 Å². The van der Waals surface area contributed by atoms with Crippen molar-refractivity contribution in [3.05, 3.63) is 41.6 Å². The van der Waals surface area contributed by atoms with Crippen LogP contribution in [0.4, 0.5) is 0 Å². The minimum atomic E-state index is 0.341. The van der Waals surface area contributed by atoms with Gasteiger partial charge in [0.2, 0.25) is 0 Å². The Balaban J connectivity index is 1.85. The summed E-state index contributed by atoms with van der Waals surface area (Å²) in [5, 5.41) is 9.99. The summed E-state index contributed by atoms with van der Waals surface area (Å²) in [5.41, 5.74) is 3.29. The zero-order valence-electron chi connectivity index (χ0n) is 12.9. The van der Waals surface area contributed by atoms with Gasteiger partial charge < -0.3 is 10.0 Å². The second kappa shape index (κ2) is 4.79. The highest BCUT2D eigenvalue weighted by Gasteiger charge is 2.53. The molecule has 1 N–H and O–H groups in total. The second-order valence-electron chi connectivity index (χ2n) is 7.09. The quantitative estimate of drug-likeness (QED) is 0.842. The predicted molar refractivity (Wildman–Crippen MR) is 85.4 cm³/mol. The number of hydrogen-bond acceptors (Lipinski definition) is 2. The molecule has 2 nitrogen and oxygen atoms in total. The number of likely N-dealkylation sites (tertiary alicyclic amines) is 1. The van der Waals surface area contributed by atoms with Crippen molar-refractivity contribution in [2.45, 2.75) is 56.9 Å². The van der Waals surface area contributed by atoms with E-state index in [1.807, 2.05) is 6.07 Å². The number of nitrogens with zero attached hydrogens (tertiary/aromatic N) is 1. The van der Waals surface area contributed by atoms with Gasteiger partial charge in [0.25, 0.3) is 0 Å². The molecule has 0 aromatic heterocycles. The first kappa shape index (κ1) is 13.2. The molecule has 1 heterocycles. The van der Waals surface area contributed by atoms with Gasteiger partial charge in [0.05, 0.1) is 0 Å². The zero-order valence-corrected chi connectivity index (χ0v) is 12.9. The van der Waals surface area contributed by atoms with Gasteiger partial charge in [0.15, 0.2) is 0 Å². The molecule has 1 aliphatic heterocycles. The van der Waals surface area contributed by atoms with Gasteiger partial charge in [-0.2, -0.15) is 0 Å². The average molecular weight is 283 g/mol. The third-order valence-corrected chi connectivity index (χ3v) is 6.20. The van der Waals surface area contributed by atoms with Gasteiger partial charge in [-0.15, -0.1) is 0 Å². The zero-order chi connectivity index (χ0) is 14.4. The van der Waals surface area contributed by atoms with Crippen LogP contribution in [0.3, 0.4) is 0 Å². The predicted octanol–water partition coefficient (Wildman–Crippen LogP) is 3.98. The third-order valence-electron chi connectivity index (χ3n) is 6.20. The Morgan fingerprint density at radius 3 is 3.05 bits per heavy atom. The largest absolute Gasteiger partial charge is 0.508 e. The van der Waals surface area contributed by atoms with Crippen LogP contribution in [0.5, 0.6) is 5.75 Å². The van der Waals surface area contributed by atoms with Gasteiger partial charge in [-0.3, -0.25) is 0 Å². The van der Waals surface area contributed by atoms with Crippen LogP contribution in [0.2, 0.25) is 0 Å². The van der Waals surface area contributed by atoms with Crippen LogP contribution in [0.1, 0.15) is 50.2 Å². The van der Waals surface area contributed by atoms with Gasteiger partial charge >= 0.3 is 0 Å². The van der Waals surface area contributed by atoms with E-state index in [2.05, 4.69) is 36.2 Å². The second-order valence-corrected chi connectivity index (χ2v) is 7.09. The molecular weight excluding hydrogens is 258 g/mol. The molecule has 0 radical (unpaired) electrons. The summed E-state index contributed by atoms with van der Waals surface area (Å²) in [7, 11) is 0. The number of phenolic OH excluding ortho intramolecular Hbond substituents is 1. The smallest absolute Gasteiger partial charge is 0.115 e. The van der Waals surface area contributed by atoms with Crippen molar-refractivity contribution in [3.8, 4) is 5.75 Å². The molecule has 1 saturated carbocycles. The van der Waals surface area contributed by atoms with Crippen molar-refractivity contribution in [3.63, 3.8) is 0 Å². The van der Waals surface area contributed by atoms with E-state index in [9.17, 15) is 5.11 Å². The van der Waals surface area contributed by atoms with Gasteiger partial charge in [-0.05, 0) is 68.0 Å². The number of hydrogen-bond donors (Lipinski definition) is 1. The Morgan fingerprint density at radius 1 is 1.29 bits per heavy atom. The maximum absolute atomic E-state index is 9.99. The van der Waals surface area contributed by atoms with E-state index in [4.69, 9.17) is 0 Å². The monoisotopic (exact) mass is 283 g/mol. The first-order valence-corrected chi connectivity index (χ1v) is 8.45. The van der Waals surface area contributed by atoms with Crippen LogP contribution in [0.25, 0.3) is 0 Å². The summed E-state index contributed by atoms with van der Waals surface area (Å²) >= 11 is 0. The fraction of sp³-hybridized carbons (Fsp3) is 0.579. The van der Waals surface area contributed by atoms with Crippen molar-refractivity contribution in [1.29, 1.82) is 0 Å². The number of rotatable bonds is 1. The highest BCUT2D eigenvalue weighted by atomic mass is 16.3. The van der Waals surface area contributed by atoms with Gasteiger partial charge in [-0.25, -0.2) is 0 Å². The summed E-state index contributed by atoms with van der Waals surface area (Å²) in [6.45, 7) is 3.29. The average Bonchev–Trinajstić information content (AvgIpc) is 2.51. The van der Waals surface area contributed by atoms with E-state index < -0.39 is 0 Å². The normalized spacial score (nSPS) is 34.6. The summed E-state index contributed by atoms with van der Waals surface area (Å²) in [5.74, 6) is 1.22. The number of aromatic hydroxyl groups is 1. The van der Waals surface area contributed by atoms with Crippen LogP contribution in [0, 0.1) is 5.92 Å². The molecule has 1 aromatic rings. The maximum Gasteiger partial charge on any atom is 0.115 e. The molecule has 21 heavy (non-hydrogen) atoms. The van der Waals surface area contributed by atoms with Gasteiger partial charge in [0, 0.05) is 18.0 Å². The highest BCUT2D eigenvalue weighted by Crippen LogP contribution is 2.56. The molecule has 2 aliphatic carbocycles. The van der Waals surface area contributed by atoms with E-state index >= 15 is 0 Å². The highest BCUT2D eigenvalue weighted by molar-refractivity contribution is 5.45. The Bertz CT molecular complexity index is 579. The topological polar surface area (TPSA) is 23.5 Å². The molecule has 0 spiro atoms. The van der Waals surface area contributed by atoms with Crippen LogP contribution >= 0.6 is 0 Å². The molecule has 3 aliphatic rings. The number of piperidine rings is 1. The van der Waals surface area contributed by atoms with E-state index in [0.29, 0.717) is 17.2 Å². The number of allylic oxidation sites excluding steroid dienone is 1. The maximum atomic E-state index is 9.99. The molecule has 1 aromatic carbocycles. The molecule has 0 amide bonds. The Labute approximate surface area is 127 Å². The van der Waals surface area contributed by atoms with Crippen LogP contribution in [0.15, 0.2) is 30.5 Å². The first-order chi connectivity index (χ1) is 10.2. The molecule has 3 atom stereocenters. The van der Waals surface area contributed by atoms with Crippen molar-refractivity contribution in [2.75, 3.05) is 6.54 Å². The number of phenols is 1.